The number of allylic oxidation sites excluding steroid dienone is 1. The van der Waals surface area contributed by atoms with Gasteiger partial charge in [-0.3, -0.25) is 0 Å². The maximum Gasteiger partial charge on any atom is 0.206 e. The molecule has 1 aromatic heterocycles. The van der Waals surface area contributed by atoms with Crippen LogP contribution in [0.1, 0.15) is 32.4 Å². The molecule has 106 valence electrons. The van der Waals surface area contributed by atoms with Crippen molar-refractivity contribution in [3.63, 3.8) is 0 Å². The first-order valence-corrected chi connectivity index (χ1v) is 7.44. The van der Waals surface area contributed by atoms with Crippen molar-refractivity contribution in [1.29, 1.82) is 0 Å². The van der Waals surface area contributed by atoms with Crippen molar-refractivity contribution in [1.82, 2.24) is 14.9 Å². The Hall–Kier alpha value is -1.29. The number of aromatic nitrogens is 2. The van der Waals surface area contributed by atoms with Crippen molar-refractivity contribution in [2.24, 2.45) is 0 Å². The number of aryl methyl sites for hydroxylation is 1. The number of nitrogens with one attached hydrogen (secondary N) is 1. The van der Waals surface area contributed by atoms with Crippen molar-refractivity contribution >= 4 is 5.95 Å². The van der Waals surface area contributed by atoms with E-state index in [1.807, 2.05) is 6.08 Å². The summed E-state index contributed by atoms with van der Waals surface area (Å²) in [6, 6.07) is 0.564. The van der Waals surface area contributed by atoms with E-state index in [2.05, 4.69) is 41.4 Å². The minimum Gasteiger partial charge on any atom is -0.338 e. The third-order valence-electron chi connectivity index (χ3n) is 3.80. The lowest BCUT2D eigenvalue weighted by Gasteiger charge is -2.34. The Morgan fingerprint density at radius 2 is 2.42 bits per heavy atom. The van der Waals surface area contributed by atoms with Crippen LogP contribution in [0.5, 0.6) is 0 Å². The minimum atomic E-state index is 0.564. The Bertz CT molecular complexity index is 404. The second-order valence-corrected chi connectivity index (χ2v) is 5.11. The second kappa shape index (κ2) is 6.75. The third-order valence-corrected chi connectivity index (χ3v) is 3.80. The van der Waals surface area contributed by atoms with Gasteiger partial charge in [-0.05, 0) is 32.7 Å². The Labute approximate surface area is 116 Å². The van der Waals surface area contributed by atoms with Gasteiger partial charge in [-0.15, -0.1) is 6.58 Å². The van der Waals surface area contributed by atoms with Gasteiger partial charge in [0.15, 0.2) is 0 Å². The molecule has 1 fully saturated rings. The number of nitrogens with zero attached hydrogens (tertiary/aromatic N) is 3. The zero-order valence-corrected chi connectivity index (χ0v) is 12.2. The fourth-order valence-corrected chi connectivity index (χ4v) is 2.79. The van der Waals surface area contributed by atoms with Crippen molar-refractivity contribution in [3.05, 3.63) is 24.5 Å². The molecule has 0 spiro atoms. The fourth-order valence-electron chi connectivity index (χ4n) is 2.79. The largest absolute Gasteiger partial charge is 0.338 e. The molecule has 0 radical (unpaired) electrons. The van der Waals surface area contributed by atoms with Crippen molar-refractivity contribution in [3.8, 4) is 0 Å². The van der Waals surface area contributed by atoms with Gasteiger partial charge < -0.3 is 14.8 Å². The average molecular weight is 262 g/mol. The van der Waals surface area contributed by atoms with Crippen LogP contribution in [0.25, 0.3) is 0 Å². The molecule has 4 heteroatoms. The molecule has 0 saturated carbocycles. The molecule has 4 nitrogen and oxygen atoms in total. The van der Waals surface area contributed by atoms with Gasteiger partial charge in [0.25, 0.3) is 0 Å². The fraction of sp³-hybridized carbons (Fsp3) is 0.667. The number of piperidine rings is 1. The molecule has 1 aromatic rings. The molecular weight excluding hydrogens is 236 g/mol. The summed E-state index contributed by atoms with van der Waals surface area (Å²) in [6.07, 6.45) is 7.60. The maximum atomic E-state index is 4.81. The summed E-state index contributed by atoms with van der Waals surface area (Å²) in [6.45, 7) is 12.3. The predicted octanol–water partition coefficient (Wildman–Crippen LogP) is 2.21. The Morgan fingerprint density at radius 1 is 1.58 bits per heavy atom. The number of rotatable bonds is 6. The van der Waals surface area contributed by atoms with Crippen LogP contribution < -0.4 is 10.2 Å². The van der Waals surface area contributed by atoms with E-state index < -0.39 is 0 Å². The summed E-state index contributed by atoms with van der Waals surface area (Å²) < 4.78 is 2.23. The first-order chi connectivity index (χ1) is 9.30. The number of hydrogen-bond donors (Lipinski definition) is 1. The zero-order chi connectivity index (χ0) is 13.7. The zero-order valence-electron chi connectivity index (χ0n) is 12.2. The van der Waals surface area contributed by atoms with Crippen molar-refractivity contribution in [2.75, 3.05) is 24.5 Å². The standard InChI is InChI=1S/C15H26N4/c1-4-10-18-12-13(5-2)17-15(18)19(6-3)14-8-7-9-16-11-14/h4,12,14,16H,1,5-11H2,2-3H3. The normalized spacial score (nSPS) is 19.4. The molecule has 1 unspecified atom stereocenters. The lowest BCUT2D eigenvalue weighted by atomic mass is 10.1. The van der Waals surface area contributed by atoms with Crippen LogP contribution in [-0.4, -0.2) is 35.2 Å². The van der Waals surface area contributed by atoms with Gasteiger partial charge in [-0.1, -0.05) is 13.0 Å². The first kappa shape index (κ1) is 14.1. The lowest BCUT2D eigenvalue weighted by molar-refractivity contribution is 0.428. The van der Waals surface area contributed by atoms with Gasteiger partial charge in [0.2, 0.25) is 5.95 Å². The van der Waals surface area contributed by atoms with Crippen LogP contribution in [0, 0.1) is 0 Å². The average Bonchev–Trinajstić information content (AvgIpc) is 2.85. The van der Waals surface area contributed by atoms with Crippen LogP contribution in [0.4, 0.5) is 5.95 Å². The van der Waals surface area contributed by atoms with Crippen LogP contribution >= 0.6 is 0 Å². The van der Waals surface area contributed by atoms with E-state index in [1.165, 1.54) is 18.5 Å². The van der Waals surface area contributed by atoms with Crippen molar-refractivity contribution in [2.45, 2.75) is 45.7 Å². The molecular formula is C15H26N4. The van der Waals surface area contributed by atoms with E-state index in [4.69, 9.17) is 4.98 Å². The number of hydrogen-bond acceptors (Lipinski definition) is 3. The quantitative estimate of drug-likeness (QED) is 0.798. The Balaban J connectivity index is 2.24. The molecule has 19 heavy (non-hydrogen) atoms. The summed E-state index contributed by atoms with van der Waals surface area (Å²) in [4.78, 5) is 7.25. The highest BCUT2D eigenvalue weighted by atomic mass is 15.3. The highest BCUT2D eigenvalue weighted by molar-refractivity contribution is 5.36. The van der Waals surface area contributed by atoms with E-state index in [-0.39, 0.29) is 0 Å². The van der Waals surface area contributed by atoms with Gasteiger partial charge in [0, 0.05) is 31.9 Å². The second-order valence-electron chi connectivity index (χ2n) is 5.11. The molecule has 1 atom stereocenters. The molecule has 1 aliphatic rings. The summed E-state index contributed by atoms with van der Waals surface area (Å²) in [5.74, 6) is 1.10. The van der Waals surface area contributed by atoms with Gasteiger partial charge in [-0.2, -0.15) is 0 Å². The van der Waals surface area contributed by atoms with Crippen LogP contribution in [0.15, 0.2) is 18.9 Å². The molecule has 0 bridgehead atoms. The molecule has 2 rings (SSSR count). The Morgan fingerprint density at radius 3 is 3.00 bits per heavy atom. The van der Waals surface area contributed by atoms with E-state index in [9.17, 15) is 0 Å². The summed E-state index contributed by atoms with van der Waals surface area (Å²) in [7, 11) is 0. The highest BCUT2D eigenvalue weighted by Gasteiger charge is 2.23. The van der Waals surface area contributed by atoms with Crippen LogP contribution in [0.2, 0.25) is 0 Å². The van der Waals surface area contributed by atoms with Crippen LogP contribution in [0.3, 0.4) is 0 Å². The summed E-state index contributed by atoms with van der Waals surface area (Å²) in [5, 5.41) is 3.49. The van der Waals surface area contributed by atoms with Gasteiger partial charge in [0.05, 0.1) is 5.69 Å². The SMILES string of the molecule is C=CCn1cc(CC)nc1N(CC)C1CCCNC1. The molecule has 0 aliphatic carbocycles. The highest BCUT2D eigenvalue weighted by Crippen LogP contribution is 2.21. The van der Waals surface area contributed by atoms with E-state index in [0.29, 0.717) is 6.04 Å². The van der Waals surface area contributed by atoms with Crippen LogP contribution in [-0.2, 0) is 13.0 Å². The number of imidazole rings is 1. The molecule has 1 N–H and O–H groups in total. The monoisotopic (exact) mass is 262 g/mol. The van der Waals surface area contributed by atoms with Crippen molar-refractivity contribution < 1.29 is 0 Å². The Kier molecular flexibility index (Phi) is 5.02. The summed E-state index contributed by atoms with van der Waals surface area (Å²) in [5.41, 5.74) is 1.17. The summed E-state index contributed by atoms with van der Waals surface area (Å²) >= 11 is 0. The van der Waals surface area contributed by atoms with Gasteiger partial charge in [0.1, 0.15) is 0 Å². The topological polar surface area (TPSA) is 33.1 Å². The van der Waals surface area contributed by atoms with Gasteiger partial charge >= 0.3 is 0 Å². The van der Waals surface area contributed by atoms with E-state index in [1.54, 1.807) is 0 Å². The minimum absolute atomic E-state index is 0.564. The predicted molar refractivity (Wildman–Crippen MR) is 80.7 cm³/mol. The third kappa shape index (κ3) is 3.18. The molecule has 1 saturated heterocycles. The van der Waals surface area contributed by atoms with Gasteiger partial charge in [-0.25, -0.2) is 4.98 Å². The smallest absolute Gasteiger partial charge is 0.206 e. The first-order valence-electron chi connectivity index (χ1n) is 7.44. The van der Waals surface area contributed by atoms with E-state index >= 15 is 0 Å². The number of anilines is 1. The van der Waals surface area contributed by atoms with E-state index in [0.717, 1.165) is 38.5 Å². The maximum absolute atomic E-state index is 4.81. The number of likely N-dealkylation sites (N-methyl/N-ethyl adjacent to an activating group) is 1. The molecule has 1 aliphatic heterocycles. The molecule has 2 heterocycles. The molecule has 0 amide bonds. The molecule has 0 aromatic carbocycles. The lowest BCUT2D eigenvalue weighted by Crippen LogP contribution is -2.47.